The Kier molecular flexibility index (Phi) is 4.48. The smallest absolute Gasteiger partial charge is 0.321 e. The first-order valence-corrected chi connectivity index (χ1v) is 6.82. The predicted octanol–water partition coefficient (Wildman–Crippen LogP) is -0.597. The Morgan fingerprint density at radius 3 is 2.29 bits per heavy atom. The van der Waals surface area contributed by atoms with Gasteiger partial charge in [-0.25, -0.2) is 0 Å². The normalized spacial score (nSPS) is 28.9. The molecule has 1 heterocycles. The number of morpholine rings is 1. The third-order valence-electron chi connectivity index (χ3n) is 2.42. The van der Waals surface area contributed by atoms with Gasteiger partial charge in [-0.3, -0.25) is 4.79 Å². The molecular weight excluding hydrogens is 248 g/mol. The minimum absolute atomic E-state index is 0.199. The molecule has 2 N–H and O–H groups in total. The van der Waals surface area contributed by atoms with E-state index >= 15 is 0 Å². The van der Waals surface area contributed by atoms with Gasteiger partial charge in [0.1, 0.15) is 6.04 Å². The number of aliphatic carboxylic acids is 1. The summed E-state index contributed by atoms with van der Waals surface area (Å²) < 4.78 is 32.5. The number of hydrogen-bond donors (Lipinski definition) is 2. The number of carboxylic acids is 1. The number of ether oxygens (including phenoxy) is 1. The van der Waals surface area contributed by atoms with Crippen LogP contribution >= 0.6 is 0 Å². The summed E-state index contributed by atoms with van der Waals surface area (Å²) in [4.78, 5) is 10.6. The van der Waals surface area contributed by atoms with Gasteiger partial charge in [0, 0.05) is 13.1 Å². The van der Waals surface area contributed by atoms with E-state index in [1.54, 1.807) is 13.8 Å². The summed E-state index contributed by atoms with van der Waals surface area (Å²) in [6, 6.07) is -1.14. The fourth-order valence-corrected chi connectivity index (χ4v) is 3.18. The number of nitrogens with zero attached hydrogens (tertiary/aromatic N) is 1. The first-order chi connectivity index (χ1) is 7.72. The maximum atomic E-state index is 11.9. The van der Waals surface area contributed by atoms with Crippen molar-refractivity contribution in [3.63, 3.8) is 0 Å². The number of carbonyl (C=O) groups is 1. The zero-order chi connectivity index (χ0) is 13.2. The number of carboxylic acid groups (broad SMARTS) is 1. The molecule has 8 heteroatoms. The van der Waals surface area contributed by atoms with Crippen LogP contribution in [-0.2, 0) is 19.7 Å². The summed E-state index contributed by atoms with van der Waals surface area (Å²) in [5.41, 5.74) is 0. The molecule has 0 bridgehead atoms. The predicted molar refractivity (Wildman–Crippen MR) is 60.7 cm³/mol. The van der Waals surface area contributed by atoms with Crippen LogP contribution in [-0.4, -0.2) is 55.1 Å². The molecule has 1 saturated heterocycles. The molecule has 1 rings (SSSR count). The number of rotatable bonds is 4. The monoisotopic (exact) mass is 266 g/mol. The molecule has 1 fully saturated rings. The second kappa shape index (κ2) is 5.30. The Morgan fingerprint density at radius 1 is 1.41 bits per heavy atom. The van der Waals surface area contributed by atoms with Crippen molar-refractivity contribution in [3.8, 4) is 0 Å². The molecule has 3 atom stereocenters. The highest BCUT2D eigenvalue weighted by atomic mass is 32.2. The van der Waals surface area contributed by atoms with Crippen molar-refractivity contribution in [3.05, 3.63) is 0 Å². The Balaban J connectivity index is 2.73. The lowest BCUT2D eigenvalue weighted by molar-refractivity contribution is -0.138. The highest BCUT2D eigenvalue weighted by Gasteiger charge is 2.32. The van der Waals surface area contributed by atoms with Gasteiger partial charge >= 0.3 is 5.97 Å². The molecule has 0 aliphatic carbocycles. The minimum atomic E-state index is -3.77. The van der Waals surface area contributed by atoms with Crippen molar-refractivity contribution in [2.24, 2.45) is 0 Å². The zero-order valence-corrected chi connectivity index (χ0v) is 10.9. The molecule has 1 aliphatic heterocycles. The Bertz CT molecular complexity index is 373. The molecule has 7 nitrogen and oxygen atoms in total. The van der Waals surface area contributed by atoms with Gasteiger partial charge < -0.3 is 9.84 Å². The molecule has 0 radical (unpaired) electrons. The van der Waals surface area contributed by atoms with Crippen molar-refractivity contribution in [1.29, 1.82) is 0 Å². The van der Waals surface area contributed by atoms with E-state index in [9.17, 15) is 13.2 Å². The average Bonchev–Trinajstić information content (AvgIpc) is 2.15. The molecule has 0 spiro atoms. The maximum absolute atomic E-state index is 11.9. The van der Waals surface area contributed by atoms with Gasteiger partial charge in [0.2, 0.25) is 0 Å². The van der Waals surface area contributed by atoms with Crippen LogP contribution in [0.3, 0.4) is 0 Å². The van der Waals surface area contributed by atoms with E-state index in [-0.39, 0.29) is 25.3 Å². The summed E-state index contributed by atoms with van der Waals surface area (Å²) in [6.07, 6.45) is -0.397. The largest absolute Gasteiger partial charge is 0.480 e. The van der Waals surface area contributed by atoms with Crippen molar-refractivity contribution in [1.82, 2.24) is 9.03 Å². The number of hydrogen-bond acceptors (Lipinski definition) is 4. The fourth-order valence-electron chi connectivity index (χ4n) is 1.68. The van der Waals surface area contributed by atoms with Crippen LogP contribution in [0.25, 0.3) is 0 Å². The van der Waals surface area contributed by atoms with E-state index in [4.69, 9.17) is 9.84 Å². The molecule has 100 valence electrons. The lowest BCUT2D eigenvalue weighted by atomic mass is 10.3. The average molecular weight is 266 g/mol. The Labute approximate surface area is 101 Å². The van der Waals surface area contributed by atoms with Gasteiger partial charge in [0.25, 0.3) is 10.2 Å². The van der Waals surface area contributed by atoms with E-state index in [1.165, 1.54) is 11.2 Å². The zero-order valence-electron chi connectivity index (χ0n) is 10.1. The summed E-state index contributed by atoms with van der Waals surface area (Å²) >= 11 is 0. The van der Waals surface area contributed by atoms with E-state index in [0.29, 0.717) is 0 Å². The lowest BCUT2D eigenvalue weighted by Gasteiger charge is -2.34. The van der Waals surface area contributed by atoms with Gasteiger partial charge in [0.05, 0.1) is 12.2 Å². The van der Waals surface area contributed by atoms with Crippen molar-refractivity contribution in [2.45, 2.75) is 39.0 Å². The Morgan fingerprint density at radius 2 is 1.88 bits per heavy atom. The van der Waals surface area contributed by atoms with Crippen LogP contribution in [0.15, 0.2) is 0 Å². The third-order valence-corrected chi connectivity index (χ3v) is 4.05. The van der Waals surface area contributed by atoms with Crippen molar-refractivity contribution < 1.29 is 23.1 Å². The standard InChI is InChI=1S/C9H18N2O5S/c1-6-4-11(5-7(2)16-6)17(14,15)10-8(3)9(12)13/h6-8,10H,4-5H2,1-3H3,(H,12,13)/t6?,7?,8-/m1/s1. The van der Waals surface area contributed by atoms with Crippen molar-refractivity contribution >= 4 is 16.2 Å². The van der Waals surface area contributed by atoms with Gasteiger partial charge in [-0.05, 0) is 20.8 Å². The first-order valence-electron chi connectivity index (χ1n) is 5.38. The Hall–Kier alpha value is -0.700. The SMILES string of the molecule is CC1CN(S(=O)(=O)N[C@H](C)C(=O)O)CC(C)O1. The fraction of sp³-hybridized carbons (Fsp3) is 0.889. The van der Waals surface area contributed by atoms with E-state index in [2.05, 4.69) is 4.72 Å². The molecular formula is C9H18N2O5S. The topological polar surface area (TPSA) is 95.9 Å². The molecule has 1 aliphatic rings. The molecule has 0 aromatic carbocycles. The first kappa shape index (κ1) is 14.4. The van der Waals surface area contributed by atoms with Crippen molar-refractivity contribution in [2.75, 3.05) is 13.1 Å². The summed E-state index contributed by atoms with van der Waals surface area (Å²) in [6.45, 7) is 5.29. The van der Waals surface area contributed by atoms with Gasteiger partial charge in [-0.2, -0.15) is 17.4 Å². The van der Waals surface area contributed by atoms with Crippen LogP contribution in [0.2, 0.25) is 0 Å². The summed E-state index contributed by atoms with van der Waals surface area (Å²) in [5, 5.41) is 8.68. The molecule has 0 amide bonds. The summed E-state index contributed by atoms with van der Waals surface area (Å²) in [5.74, 6) is -1.21. The highest BCUT2D eigenvalue weighted by Crippen LogP contribution is 2.13. The second-order valence-corrected chi connectivity index (χ2v) is 5.96. The molecule has 0 aromatic heterocycles. The minimum Gasteiger partial charge on any atom is -0.480 e. The molecule has 2 unspecified atom stereocenters. The van der Waals surface area contributed by atoms with Crippen LogP contribution < -0.4 is 4.72 Å². The van der Waals surface area contributed by atoms with E-state index < -0.39 is 22.2 Å². The van der Waals surface area contributed by atoms with Gasteiger partial charge in [-0.1, -0.05) is 0 Å². The lowest BCUT2D eigenvalue weighted by Crippen LogP contribution is -2.54. The number of nitrogens with one attached hydrogen (secondary N) is 1. The highest BCUT2D eigenvalue weighted by molar-refractivity contribution is 7.87. The quantitative estimate of drug-likeness (QED) is 0.708. The van der Waals surface area contributed by atoms with Crippen LogP contribution in [0.4, 0.5) is 0 Å². The van der Waals surface area contributed by atoms with Crippen LogP contribution in [0, 0.1) is 0 Å². The molecule has 0 aromatic rings. The second-order valence-electron chi connectivity index (χ2n) is 4.26. The van der Waals surface area contributed by atoms with Crippen LogP contribution in [0.5, 0.6) is 0 Å². The van der Waals surface area contributed by atoms with Gasteiger partial charge in [-0.15, -0.1) is 0 Å². The molecule has 17 heavy (non-hydrogen) atoms. The van der Waals surface area contributed by atoms with Gasteiger partial charge in [0.15, 0.2) is 0 Å². The summed E-state index contributed by atoms with van der Waals surface area (Å²) in [7, 11) is -3.77. The molecule has 0 saturated carbocycles. The van der Waals surface area contributed by atoms with E-state index in [0.717, 1.165) is 0 Å². The van der Waals surface area contributed by atoms with Crippen LogP contribution in [0.1, 0.15) is 20.8 Å². The van der Waals surface area contributed by atoms with E-state index in [1.807, 2.05) is 0 Å². The third kappa shape index (κ3) is 3.91. The maximum Gasteiger partial charge on any atom is 0.321 e.